The number of hydrogen-bond donors (Lipinski definition) is 3. The van der Waals surface area contributed by atoms with Crippen molar-refractivity contribution in [3.05, 3.63) is 89.5 Å². The SMILES string of the molecule is CCCC(C)(c1ccc(O)cc1)C1CCC(c2ccc(O)cc2)(c2ccc(O)cc2)CC1. The molecule has 168 valence electrons. The zero-order valence-corrected chi connectivity index (χ0v) is 19.1. The summed E-state index contributed by atoms with van der Waals surface area (Å²) in [6.45, 7) is 4.64. The van der Waals surface area contributed by atoms with Crippen molar-refractivity contribution in [1.29, 1.82) is 0 Å². The number of rotatable bonds is 6. The Morgan fingerprint density at radius 3 is 1.53 bits per heavy atom. The second-order valence-electron chi connectivity index (χ2n) is 9.66. The molecular weight excluding hydrogens is 396 g/mol. The monoisotopic (exact) mass is 430 g/mol. The summed E-state index contributed by atoms with van der Waals surface area (Å²) in [6.07, 6.45) is 6.47. The van der Waals surface area contributed by atoms with Crippen LogP contribution in [0.2, 0.25) is 0 Å². The van der Waals surface area contributed by atoms with E-state index < -0.39 is 0 Å². The van der Waals surface area contributed by atoms with Crippen LogP contribution in [0.1, 0.15) is 69.1 Å². The van der Waals surface area contributed by atoms with Crippen LogP contribution in [-0.4, -0.2) is 15.3 Å². The maximum Gasteiger partial charge on any atom is 0.115 e. The summed E-state index contributed by atoms with van der Waals surface area (Å²) in [5, 5.41) is 29.5. The Morgan fingerprint density at radius 1 is 0.719 bits per heavy atom. The Balaban J connectivity index is 1.68. The van der Waals surface area contributed by atoms with Crippen LogP contribution in [0, 0.1) is 5.92 Å². The quantitative estimate of drug-likeness (QED) is 0.393. The van der Waals surface area contributed by atoms with Gasteiger partial charge >= 0.3 is 0 Å². The topological polar surface area (TPSA) is 60.7 Å². The summed E-state index contributed by atoms with van der Waals surface area (Å²) < 4.78 is 0. The number of phenols is 3. The van der Waals surface area contributed by atoms with E-state index in [1.165, 1.54) is 16.7 Å². The Labute approximate surface area is 191 Å². The molecule has 0 spiro atoms. The molecule has 4 rings (SSSR count). The molecule has 0 radical (unpaired) electrons. The van der Waals surface area contributed by atoms with Gasteiger partial charge in [-0.15, -0.1) is 0 Å². The lowest BCUT2D eigenvalue weighted by Gasteiger charge is -2.47. The summed E-state index contributed by atoms with van der Waals surface area (Å²) in [4.78, 5) is 0. The predicted molar refractivity (Wildman–Crippen MR) is 129 cm³/mol. The molecule has 1 fully saturated rings. The predicted octanol–water partition coefficient (Wildman–Crippen LogP) is 7.04. The van der Waals surface area contributed by atoms with Crippen molar-refractivity contribution >= 4 is 0 Å². The molecule has 32 heavy (non-hydrogen) atoms. The molecule has 1 saturated carbocycles. The highest BCUT2D eigenvalue weighted by Crippen LogP contribution is 2.52. The molecule has 3 aromatic rings. The van der Waals surface area contributed by atoms with Crippen LogP contribution in [-0.2, 0) is 10.8 Å². The van der Waals surface area contributed by atoms with Crippen LogP contribution < -0.4 is 0 Å². The first kappa shape index (κ1) is 22.3. The highest BCUT2D eigenvalue weighted by molar-refractivity contribution is 5.44. The van der Waals surface area contributed by atoms with E-state index in [1.54, 1.807) is 24.3 Å². The zero-order chi connectivity index (χ0) is 22.8. The summed E-state index contributed by atoms with van der Waals surface area (Å²) in [6, 6.07) is 23.1. The first-order chi connectivity index (χ1) is 15.4. The van der Waals surface area contributed by atoms with Gasteiger partial charge in [0, 0.05) is 5.41 Å². The van der Waals surface area contributed by atoms with E-state index in [2.05, 4.69) is 26.0 Å². The van der Waals surface area contributed by atoms with Gasteiger partial charge in [-0.3, -0.25) is 0 Å². The standard InChI is InChI=1S/C29H34O3/c1-3-18-28(2,21-4-10-25(30)11-5-21)22-16-19-29(20-17-22,23-6-12-26(31)13-7-23)24-8-14-27(32)15-9-24/h4-15,22,30-32H,3,16-20H2,1-2H3. The summed E-state index contributed by atoms with van der Waals surface area (Å²) >= 11 is 0. The fourth-order valence-electron chi connectivity index (χ4n) is 6.00. The molecule has 0 aromatic heterocycles. The second-order valence-corrected chi connectivity index (χ2v) is 9.66. The molecule has 0 aliphatic heterocycles. The maximum absolute atomic E-state index is 9.85. The van der Waals surface area contributed by atoms with Crippen LogP contribution in [0.25, 0.3) is 0 Å². The Bertz CT molecular complexity index is 966. The van der Waals surface area contributed by atoms with E-state index in [-0.39, 0.29) is 22.3 Å². The third kappa shape index (κ3) is 4.09. The van der Waals surface area contributed by atoms with Crippen LogP contribution in [0.4, 0.5) is 0 Å². The fourth-order valence-corrected chi connectivity index (χ4v) is 6.00. The first-order valence-electron chi connectivity index (χ1n) is 11.8. The van der Waals surface area contributed by atoms with E-state index >= 15 is 0 Å². The molecule has 1 aliphatic rings. The molecule has 0 heterocycles. The Morgan fingerprint density at radius 2 is 1.12 bits per heavy atom. The van der Waals surface area contributed by atoms with E-state index in [0.29, 0.717) is 11.7 Å². The van der Waals surface area contributed by atoms with Crippen molar-refractivity contribution in [2.24, 2.45) is 5.92 Å². The summed E-state index contributed by atoms with van der Waals surface area (Å²) in [7, 11) is 0. The Hall–Kier alpha value is -2.94. The van der Waals surface area contributed by atoms with E-state index in [1.807, 2.05) is 36.4 Å². The number of aromatic hydroxyl groups is 3. The second kappa shape index (κ2) is 8.90. The van der Waals surface area contributed by atoms with Gasteiger partial charge in [0.15, 0.2) is 0 Å². The lowest BCUT2D eigenvalue weighted by atomic mass is 9.56. The van der Waals surface area contributed by atoms with Gasteiger partial charge in [0.2, 0.25) is 0 Å². The third-order valence-corrected chi connectivity index (χ3v) is 7.88. The van der Waals surface area contributed by atoms with Gasteiger partial charge in [-0.25, -0.2) is 0 Å². The smallest absolute Gasteiger partial charge is 0.115 e. The van der Waals surface area contributed by atoms with Crippen molar-refractivity contribution in [1.82, 2.24) is 0 Å². The van der Waals surface area contributed by atoms with Gasteiger partial charge in [-0.05, 0) is 96.5 Å². The molecule has 0 saturated heterocycles. The van der Waals surface area contributed by atoms with Gasteiger partial charge in [0.1, 0.15) is 17.2 Å². The van der Waals surface area contributed by atoms with Crippen LogP contribution in [0.3, 0.4) is 0 Å². The molecule has 0 amide bonds. The first-order valence-corrected chi connectivity index (χ1v) is 11.8. The highest BCUT2D eigenvalue weighted by Gasteiger charge is 2.44. The molecule has 3 aromatic carbocycles. The minimum Gasteiger partial charge on any atom is -0.508 e. The van der Waals surface area contributed by atoms with E-state index in [0.717, 1.165) is 38.5 Å². The molecule has 0 bridgehead atoms. The lowest BCUT2D eigenvalue weighted by Crippen LogP contribution is -2.40. The molecule has 1 aliphatic carbocycles. The van der Waals surface area contributed by atoms with Crippen LogP contribution >= 0.6 is 0 Å². The largest absolute Gasteiger partial charge is 0.508 e. The van der Waals surface area contributed by atoms with Gasteiger partial charge in [-0.2, -0.15) is 0 Å². The minimum atomic E-state index is -0.125. The number of hydrogen-bond acceptors (Lipinski definition) is 3. The lowest BCUT2D eigenvalue weighted by molar-refractivity contribution is 0.167. The molecule has 1 unspecified atom stereocenters. The van der Waals surface area contributed by atoms with Crippen LogP contribution in [0.5, 0.6) is 17.2 Å². The maximum atomic E-state index is 9.85. The fraction of sp³-hybridized carbons (Fsp3) is 0.379. The minimum absolute atomic E-state index is 0.0680. The van der Waals surface area contributed by atoms with Gasteiger partial charge < -0.3 is 15.3 Å². The molecule has 1 atom stereocenters. The van der Waals surface area contributed by atoms with Crippen LogP contribution in [0.15, 0.2) is 72.8 Å². The Kier molecular flexibility index (Phi) is 6.19. The molecule has 3 heteroatoms. The van der Waals surface area contributed by atoms with Crippen molar-refractivity contribution in [3.63, 3.8) is 0 Å². The zero-order valence-electron chi connectivity index (χ0n) is 19.1. The molecular formula is C29H34O3. The average Bonchev–Trinajstić information content (AvgIpc) is 2.80. The summed E-state index contributed by atoms with van der Waals surface area (Å²) in [5.41, 5.74) is 3.70. The van der Waals surface area contributed by atoms with Gasteiger partial charge in [0.25, 0.3) is 0 Å². The van der Waals surface area contributed by atoms with Gasteiger partial charge in [-0.1, -0.05) is 56.7 Å². The van der Waals surface area contributed by atoms with E-state index in [9.17, 15) is 15.3 Å². The third-order valence-electron chi connectivity index (χ3n) is 7.88. The normalized spacial score (nSPS) is 18.2. The van der Waals surface area contributed by atoms with Crippen molar-refractivity contribution in [2.75, 3.05) is 0 Å². The summed E-state index contributed by atoms with van der Waals surface area (Å²) in [5.74, 6) is 1.43. The average molecular weight is 431 g/mol. The molecule has 3 nitrogen and oxygen atoms in total. The van der Waals surface area contributed by atoms with Crippen molar-refractivity contribution < 1.29 is 15.3 Å². The van der Waals surface area contributed by atoms with Crippen molar-refractivity contribution in [2.45, 2.75) is 63.2 Å². The van der Waals surface area contributed by atoms with Crippen molar-refractivity contribution in [3.8, 4) is 17.2 Å². The van der Waals surface area contributed by atoms with Gasteiger partial charge in [0.05, 0.1) is 0 Å². The highest BCUT2D eigenvalue weighted by atomic mass is 16.3. The molecule has 3 N–H and O–H groups in total. The van der Waals surface area contributed by atoms with E-state index in [4.69, 9.17) is 0 Å². The number of benzene rings is 3. The number of phenolic OH excluding ortho intramolecular Hbond substituents is 3.